The number of nitrogens with zero attached hydrogens (tertiary/aromatic N) is 1. The number of anilines is 1. The number of piperidine rings is 1. The van der Waals surface area contributed by atoms with E-state index in [1.807, 2.05) is 57.2 Å². The minimum atomic E-state index is -0.500. The zero-order valence-corrected chi connectivity index (χ0v) is 18.7. The van der Waals surface area contributed by atoms with E-state index in [-0.39, 0.29) is 18.0 Å². The molecule has 1 heterocycles. The minimum absolute atomic E-state index is 0.0148. The van der Waals surface area contributed by atoms with Crippen LogP contribution in [-0.2, 0) is 16.0 Å². The second-order valence-electron chi connectivity index (χ2n) is 9.06. The van der Waals surface area contributed by atoms with E-state index in [0.29, 0.717) is 6.54 Å². The van der Waals surface area contributed by atoms with Crippen LogP contribution in [-0.4, -0.2) is 48.2 Å². The lowest BCUT2D eigenvalue weighted by Gasteiger charge is -2.32. The van der Waals surface area contributed by atoms with Crippen LogP contribution in [0.4, 0.5) is 10.5 Å². The van der Waals surface area contributed by atoms with Crippen LogP contribution in [0, 0.1) is 0 Å². The van der Waals surface area contributed by atoms with Crippen LogP contribution >= 0.6 is 0 Å². The molecule has 0 aromatic heterocycles. The summed E-state index contributed by atoms with van der Waals surface area (Å²) in [5.74, 6) is -0.0148. The number of likely N-dealkylation sites (tertiary alicyclic amines) is 1. The number of hydrogen-bond acceptors (Lipinski definition) is 4. The second-order valence-corrected chi connectivity index (χ2v) is 9.06. The molecule has 0 bridgehead atoms. The van der Waals surface area contributed by atoms with Crippen LogP contribution in [0.3, 0.4) is 0 Å². The van der Waals surface area contributed by atoms with Gasteiger partial charge in [-0.15, -0.1) is 0 Å². The summed E-state index contributed by atoms with van der Waals surface area (Å²) in [6, 6.07) is 18.3. The molecule has 31 heavy (non-hydrogen) atoms. The number of hydrogen-bond donors (Lipinski definition) is 2. The van der Waals surface area contributed by atoms with Crippen LogP contribution in [0.5, 0.6) is 0 Å². The van der Waals surface area contributed by atoms with Gasteiger partial charge in [-0.3, -0.25) is 9.69 Å². The van der Waals surface area contributed by atoms with Crippen molar-refractivity contribution in [1.29, 1.82) is 0 Å². The number of rotatable bonds is 6. The molecule has 1 aliphatic heterocycles. The number of para-hydroxylation sites is 1. The predicted octanol–water partition coefficient (Wildman–Crippen LogP) is 4.21. The van der Waals surface area contributed by atoms with Crippen LogP contribution in [0.1, 0.15) is 44.7 Å². The number of nitrogens with one attached hydrogen (secondary N) is 2. The average Bonchev–Trinajstić information content (AvgIpc) is 2.70. The predicted molar refractivity (Wildman–Crippen MR) is 123 cm³/mol. The van der Waals surface area contributed by atoms with E-state index in [9.17, 15) is 9.59 Å². The molecule has 0 aliphatic carbocycles. The van der Waals surface area contributed by atoms with Crippen molar-refractivity contribution in [3.05, 3.63) is 65.7 Å². The largest absolute Gasteiger partial charge is 0.444 e. The monoisotopic (exact) mass is 423 g/mol. The molecule has 6 heteroatoms. The second kappa shape index (κ2) is 10.4. The molecular formula is C25H33N3O3. The first-order chi connectivity index (χ1) is 14.8. The number of carbonyl (C=O) groups excluding carboxylic acids is 2. The minimum Gasteiger partial charge on any atom is -0.444 e. The SMILES string of the molecule is CC(C)(C)OC(=O)NC1CCN(CC(=O)Nc2ccccc2Cc2ccccc2)CC1. The highest BCUT2D eigenvalue weighted by molar-refractivity contribution is 5.93. The molecule has 2 aromatic rings. The van der Waals surface area contributed by atoms with Crippen molar-refractivity contribution in [1.82, 2.24) is 10.2 Å². The highest BCUT2D eigenvalue weighted by atomic mass is 16.6. The summed E-state index contributed by atoms with van der Waals surface area (Å²) in [5, 5.41) is 6.01. The van der Waals surface area contributed by atoms with Gasteiger partial charge < -0.3 is 15.4 Å². The molecule has 0 radical (unpaired) electrons. The van der Waals surface area contributed by atoms with Gasteiger partial charge in [-0.05, 0) is 57.2 Å². The van der Waals surface area contributed by atoms with Crippen LogP contribution in [0.15, 0.2) is 54.6 Å². The Morgan fingerprint density at radius 2 is 1.65 bits per heavy atom. The molecule has 1 aliphatic rings. The van der Waals surface area contributed by atoms with Crippen molar-refractivity contribution in [3.63, 3.8) is 0 Å². The molecule has 2 aromatic carbocycles. The first-order valence-electron chi connectivity index (χ1n) is 10.9. The Labute approximate surface area is 185 Å². The molecule has 3 rings (SSSR count). The quantitative estimate of drug-likeness (QED) is 0.730. The van der Waals surface area contributed by atoms with Gasteiger partial charge in [0.1, 0.15) is 5.60 Å². The number of ether oxygens (including phenoxy) is 1. The van der Waals surface area contributed by atoms with Crippen molar-refractivity contribution >= 4 is 17.7 Å². The normalized spacial score (nSPS) is 15.3. The van der Waals surface area contributed by atoms with Crippen LogP contribution in [0.25, 0.3) is 0 Å². The van der Waals surface area contributed by atoms with Crippen molar-refractivity contribution in [2.75, 3.05) is 25.0 Å². The van der Waals surface area contributed by atoms with Crippen molar-refractivity contribution in [3.8, 4) is 0 Å². The lowest BCUT2D eigenvalue weighted by atomic mass is 10.0. The van der Waals surface area contributed by atoms with Gasteiger partial charge >= 0.3 is 6.09 Å². The topological polar surface area (TPSA) is 70.7 Å². The lowest BCUT2D eigenvalue weighted by molar-refractivity contribution is -0.117. The van der Waals surface area contributed by atoms with Crippen LogP contribution in [0.2, 0.25) is 0 Å². The highest BCUT2D eigenvalue weighted by Gasteiger charge is 2.24. The zero-order valence-electron chi connectivity index (χ0n) is 18.7. The van der Waals surface area contributed by atoms with Gasteiger partial charge in [-0.25, -0.2) is 4.79 Å². The molecule has 2 amide bonds. The van der Waals surface area contributed by atoms with E-state index < -0.39 is 5.60 Å². The third kappa shape index (κ3) is 7.72. The summed E-state index contributed by atoms with van der Waals surface area (Å²) in [4.78, 5) is 26.7. The Morgan fingerprint density at radius 3 is 2.32 bits per heavy atom. The van der Waals surface area contributed by atoms with Gasteiger partial charge in [0.15, 0.2) is 0 Å². The van der Waals surface area contributed by atoms with E-state index in [0.717, 1.165) is 43.6 Å². The fourth-order valence-corrected chi connectivity index (χ4v) is 3.71. The van der Waals surface area contributed by atoms with Gasteiger partial charge in [-0.1, -0.05) is 48.5 Å². The molecule has 1 fully saturated rings. The van der Waals surface area contributed by atoms with Crippen molar-refractivity contribution < 1.29 is 14.3 Å². The third-order valence-electron chi connectivity index (χ3n) is 5.20. The number of amides is 2. The summed E-state index contributed by atoms with van der Waals surface area (Å²) in [6.07, 6.45) is 2.01. The van der Waals surface area contributed by atoms with Crippen LogP contribution < -0.4 is 10.6 Å². The van der Waals surface area contributed by atoms with E-state index in [2.05, 4.69) is 33.7 Å². The maximum Gasteiger partial charge on any atom is 0.407 e. The summed E-state index contributed by atoms with van der Waals surface area (Å²) < 4.78 is 5.32. The Bertz CT molecular complexity index is 869. The molecule has 0 spiro atoms. The van der Waals surface area contributed by atoms with E-state index >= 15 is 0 Å². The smallest absolute Gasteiger partial charge is 0.407 e. The van der Waals surface area contributed by atoms with Gasteiger partial charge in [-0.2, -0.15) is 0 Å². The lowest BCUT2D eigenvalue weighted by Crippen LogP contribution is -2.47. The first kappa shape index (κ1) is 22.8. The molecule has 1 saturated heterocycles. The summed E-state index contributed by atoms with van der Waals surface area (Å²) in [6.45, 7) is 7.43. The molecular weight excluding hydrogens is 390 g/mol. The molecule has 0 saturated carbocycles. The fraction of sp³-hybridized carbons (Fsp3) is 0.440. The van der Waals surface area contributed by atoms with E-state index in [1.54, 1.807) is 0 Å². The first-order valence-corrected chi connectivity index (χ1v) is 10.9. The Morgan fingerprint density at radius 1 is 1.00 bits per heavy atom. The Balaban J connectivity index is 1.46. The average molecular weight is 424 g/mol. The van der Waals surface area contributed by atoms with Gasteiger partial charge in [0.25, 0.3) is 0 Å². The van der Waals surface area contributed by atoms with Gasteiger partial charge in [0, 0.05) is 24.8 Å². The van der Waals surface area contributed by atoms with E-state index in [1.165, 1.54) is 5.56 Å². The zero-order chi connectivity index (χ0) is 22.3. The fourth-order valence-electron chi connectivity index (χ4n) is 3.71. The van der Waals surface area contributed by atoms with E-state index in [4.69, 9.17) is 4.74 Å². The Kier molecular flexibility index (Phi) is 7.69. The highest BCUT2D eigenvalue weighted by Crippen LogP contribution is 2.19. The van der Waals surface area contributed by atoms with Gasteiger partial charge in [0.05, 0.1) is 6.54 Å². The van der Waals surface area contributed by atoms with Gasteiger partial charge in [0.2, 0.25) is 5.91 Å². The molecule has 0 atom stereocenters. The summed E-state index contributed by atoms with van der Waals surface area (Å²) in [5.41, 5.74) is 2.67. The third-order valence-corrected chi connectivity index (χ3v) is 5.20. The molecule has 2 N–H and O–H groups in total. The van der Waals surface area contributed by atoms with Crippen molar-refractivity contribution in [2.24, 2.45) is 0 Å². The maximum atomic E-state index is 12.7. The number of carbonyl (C=O) groups is 2. The maximum absolute atomic E-state index is 12.7. The summed E-state index contributed by atoms with van der Waals surface area (Å²) in [7, 11) is 0. The standard InChI is InChI=1S/C25H33N3O3/c1-25(2,3)31-24(30)26-21-13-15-28(16-14-21)18-23(29)27-22-12-8-7-11-20(22)17-19-9-5-4-6-10-19/h4-12,21H,13-18H2,1-3H3,(H,26,30)(H,27,29). The number of alkyl carbamates (subject to hydrolysis) is 1. The summed E-state index contributed by atoms with van der Waals surface area (Å²) >= 11 is 0. The Hall–Kier alpha value is -2.86. The number of benzene rings is 2. The molecule has 0 unspecified atom stereocenters. The molecule has 6 nitrogen and oxygen atoms in total. The van der Waals surface area contributed by atoms with Crippen molar-refractivity contribution in [2.45, 2.75) is 51.7 Å². The molecule has 166 valence electrons.